The van der Waals surface area contributed by atoms with Gasteiger partial charge in [0.1, 0.15) is 0 Å². The van der Waals surface area contributed by atoms with E-state index in [0.29, 0.717) is 24.0 Å². The number of benzene rings is 1. The van der Waals surface area contributed by atoms with Crippen molar-refractivity contribution in [1.29, 1.82) is 0 Å². The smallest absolute Gasteiger partial charge is 0.243 e. The Labute approximate surface area is 137 Å². The minimum atomic E-state index is -3.35. The molecule has 1 atom stereocenters. The number of thioether (sulfide) groups is 1. The Morgan fingerprint density at radius 3 is 2.77 bits per heavy atom. The van der Waals surface area contributed by atoms with Crippen molar-refractivity contribution in [3.8, 4) is 0 Å². The summed E-state index contributed by atoms with van der Waals surface area (Å²) in [4.78, 5) is 2.92. The number of aryl methyl sites for hydroxylation is 1. The van der Waals surface area contributed by atoms with E-state index in [1.54, 1.807) is 16.4 Å². The molecule has 3 rings (SSSR count). The van der Waals surface area contributed by atoms with Crippen LogP contribution in [0.4, 0.5) is 0 Å². The van der Waals surface area contributed by atoms with E-state index in [1.807, 2.05) is 30.8 Å². The van der Waals surface area contributed by atoms with Crippen LogP contribution < -0.4 is 0 Å². The SMILES string of the molecule is Cc1cccc(S(=O)(=O)N2CCCN(C3CCSC3)CC2)c1. The van der Waals surface area contributed by atoms with Gasteiger partial charge in [0.25, 0.3) is 0 Å². The van der Waals surface area contributed by atoms with Crippen LogP contribution in [0.2, 0.25) is 0 Å². The van der Waals surface area contributed by atoms with Crippen molar-refractivity contribution in [2.24, 2.45) is 0 Å². The van der Waals surface area contributed by atoms with Crippen molar-refractivity contribution in [2.45, 2.75) is 30.7 Å². The Kier molecular flexibility index (Phi) is 5.12. The molecule has 1 unspecified atom stereocenters. The van der Waals surface area contributed by atoms with Crippen molar-refractivity contribution in [3.05, 3.63) is 29.8 Å². The summed E-state index contributed by atoms with van der Waals surface area (Å²) in [6.45, 7) is 5.05. The molecule has 0 spiro atoms. The van der Waals surface area contributed by atoms with E-state index in [4.69, 9.17) is 0 Å². The summed E-state index contributed by atoms with van der Waals surface area (Å²) in [6, 6.07) is 7.87. The number of sulfonamides is 1. The summed E-state index contributed by atoms with van der Waals surface area (Å²) in [6.07, 6.45) is 2.17. The molecule has 0 aromatic heterocycles. The molecule has 0 bridgehead atoms. The molecule has 2 heterocycles. The first-order valence-corrected chi connectivity index (χ1v) is 10.6. The van der Waals surface area contributed by atoms with Crippen LogP contribution in [0.1, 0.15) is 18.4 Å². The highest BCUT2D eigenvalue weighted by Gasteiger charge is 2.30. The second-order valence-electron chi connectivity index (χ2n) is 6.13. The van der Waals surface area contributed by atoms with Crippen molar-refractivity contribution >= 4 is 21.8 Å². The molecular weight excluding hydrogens is 316 g/mol. The van der Waals surface area contributed by atoms with Gasteiger partial charge in [0.2, 0.25) is 10.0 Å². The second-order valence-corrected chi connectivity index (χ2v) is 9.22. The zero-order valence-electron chi connectivity index (χ0n) is 13.1. The van der Waals surface area contributed by atoms with Crippen LogP contribution in [0.25, 0.3) is 0 Å². The Hall–Kier alpha value is -0.560. The van der Waals surface area contributed by atoms with E-state index in [0.717, 1.165) is 25.1 Å². The maximum absolute atomic E-state index is 12.8. The molecule has 2 aliphatic rings. The van der Waals surface area contributed by atoms with Crippen molar-refractivity contribution in [3.63, 3.8) is 0 Å². The van der Waals surface area contributed by atoms with Crippen LogP contribution in [-0.4, -0.2) is 61.3 Å². The molecule has 22 heavy (non-hydrogen) atoms. The maximum Gasteiger partial charge on any atom is 0.243 e. The fourth-order valence-corrected chi connectivity index (χ4v) is 6.08. The second kappa shape index (κ2) is 6.91. The highest BCUT2D eigenvalue weighted by atomic mass is 32.2. The van der Waals surface area contributed by atoms with E-state index in [2.05, 4.69) is 4.90 Å². The molecule has 0 saturated carbocycles. The average molecular weight is 341 g/mol. The predicted octanol–water partition coefficient (Wildman–Crippen LogP) is 2.20. The zero-order chi connectivity index (χ0) is 15.6. The highest BCUT2D eigenvalue weighted by molar-refractivity contribution is 7.99. The Morgan fingerprint density at radius 2 is 2.05 bits per heavy atom. The summed E-state index contributed by atoms with van der Waals surface area (Å²) in [7, 11) is -3.35. The Balaban J connectivity index is 1.72. The molecule has 2 fully saturated rings. The summed E-state index contributed by atoms with van der Waals surface area (Å²) in [5.74, 6) is 2.44. The van der Waals surface area contributed by atoms with Gasteiger partial charge < -0.3 is 0 Å². The van der Waals surface area contributed by atoms with Crippen LogP contribution in [0, 0.1) is 6.92 Å². The molecule has 0 N–H and O–H groups in total. The first-order valence-electron chi connectivity index (χ1n) is 7.96. The molecule has 2 aliphatic heterocycles. The molecule has 1 aromatic rings. The van der Waals surface area contributed by atoms with Crippen molar-refractivity contribution < 1.29 is 8.42 Å². The van der Waals surface area contributed by atoms with Gasteiger partial charge in [-0.2, -0.15) is 16.1 Å². The standard InChI is InChI=1S/C16H24N2O2S2/c1-14-4-2-5-16(12-14)22(19,20)18-8-3-7-17(9-10-18)15-6-11-21-13-15/h2,4-5,12,15H,3,6-11,13H2,1H3. The van der Waals surface area contributed by atoms with E-state index in [1.165, 1.54) is 17.9 Å². The van der Waals surface area contributed by atoms with E-state index < -0.39 is 10.0 Å². The lowest BCUT2D eigenvalue weighted by molar-refractivity contribution is 0.223. The summed E-state index contributed by atoms with van der Waals surface area (Å²) < 4.78 is 27.3. The van der Waals surface area contributed by atoms with E-state index in [9.17, 15) is 8.42 Å². The van der Waals surface area contributed by atoms with Gasteiger partial charge in [0.05, 0.1) is 4.90 Å². The highest BCUT2D eigenvalue weighted by Crippen LogP contribution is 2.24. The third-order valence-corrected chi connectivity index (χ3v) is 7.58. The topological polar surface area (TPSA) is 40.6 Å². The number of hydrogen-bond donors (Lipinski definition) is 0. The lowest BCUT2D eigenvalue weighted by atomic mass is 10.2. The minimum Gasteiger partial charge on any atom is -0.298 e. The Bertz CT molecular complexity index is 612. The zero-order valence-corrected chi connectivity index (χ0v) is 14.7. The van der Waals surface area contributed by atoms with Gasteiger partial charge in [0.15, 0.2) is 0 Å². The molecule has 1 aromatic carbocycles. The van der Waals surface area contributed by atoms with Gasteiger partial charge in [-0.1, -0.05) is 12.1 Å². The number of nitrogens with zero attached hydrogens (tertiary/aromatic N) is 2. The van der Waals surface area contributed by atoms with Gasteiger partial charge in [-0.25, -0.2) is 8.42 Å². The van der Waals surface area contributed by atoms with Gasteiger partial charge in [-0.05, 0) is 49.8 Å². The quantitative estimate of drug-likeness (QED) is 0.846. The number of rotatable bonds is 3. The van der Waals surface area contributed by atoms with E-state index >= 15 is 0 Å². The van der Waals surface area contributed by atoms with Crippen LogP contribution in [-0.2, 0) is 10.0 Å². The predicted molar refractivity (Wildman–Crippen MR) is 91.9 cm³/mol. The lowest BCUT2D eigenvalue weighted by Crippen LogP contribution is -2.39. The van der Waals surface area contributed by atoms with Gasteiger partial charge in [-0.3, -0.25) is 4.90 Å². The first-order chi connectivity index (χ1) is 10.6. The molecular formula is C16H24N2O2S2. The number of hydrogen-bond acceptors (Lipinski definition) is 4. The molecule has 122 valence electrons. The summed E-state index contributed by atoms with van der Waals surface area (Å²) in [5, 5.41) is 0. The first kappa shape index (κ1) is 16.3. The van der Waals surface area contributed by atoms with E-state index in [-0.39, 0.29) is 0 Å². The average Bonchev–Trinajstić information content (AvgIpc) is 2.91. The van der Waals surface area contributed by atoms with Crippen LogP contribution >= 0.6 is 11.8 Å². The fourth-order valence-electron chi connectivity index (χ4n) is 3.25. The Morgan fingerprint density at radius 1 is 1.18 bits per heavy atom. The maximum atomic E-state index is 12.8. The molecule has 0 amide bonds. The van der Waals surface area contributed by atoms with Gasteiger partial charge in [-0.15, -0.1) is 0 Å². The molecule has 4 nitrogen and oxygen atoms in total. The largest absolute Gasteiger partial charge is 0.298 e. The lowest BCUT2D eigenvalue weighted by Gasteiger charge is -2.26. The van der Waals surface area contributed by atoms with Crippen LogP contribution in [0.15, 0.2) is 29.2 Å². The molecule has 0 aliphatic carbocycles. The summed E-state index contributed by atoms with van der Waals surface area (Å²) >= 11 is 2.01. The summed E-state index contributed by atoms with van der Waals surface area (Å²) in [5.41, 5.74) is 0.987. The van der Waals surface area contributed by atoms with Crippen molar-refractivity contribution in [1.82, 2.24) is 9.21 Å². The third kappa shape index (κ3) is 3.50. The normalized spacial score (nSPS) is 25.2. The third-order valence-electron chi connectivity index (χ3n) is 4.54. The monoisotopic (exact) mass is 340 g/mol. The molecule has 6 heteroatoms. The van der Waals surface area contributed by atoms with Gasteiger partial charge in [0, 0.05) is 31.4 Å². The minimum absolute atomic E-state index is 0.428. The fraction of sp³-hybridized carbons (Fsp3) is 0.625. The molecule has 2 saturated heterocycles. The van der Waals surface area contributed by atoms with Crippen LogP contribution in [0.3, 0.4) is 0 Å². The van der Waals surface area contributed by atoms with Crippen molar-refractivity contribution in [2.75, 3.05) is 37.7 Å². The van der Waals surface area contributed by atoms with Crippen LogP contribution in [0.5, 0.6) is 0 Å². The molecule has 0 radical (unpaired) electrons. The van der Waals surface area contributed by atoms with Gasteiger partial charge >= 0.3 is 0 Å².